The molecule has 5 heteroatoms. The fourth-order valence-electron chi connectivity index (χ4n) is 1.80. The van der Waals surface area contributed by atoms with Crippen molar-refractivity contribution in [3.05, 3.63) is 30.1 Å². The molecule has 0 amide bonds. The highest BCUT2D eigenvalue weighted by Gasteiger charge is 2.11. The van der Waals surface area contributed by atoms with Gasteiger partial charge in [-0.1, -0.05) is 12.1 Å². The molecule has 0 aliphatic heterocycles. The first kappa shape index (κ1) is 11.3. The summed E-state index contributed by atoms with van der Waals surface area (Å²) in [6, 6.07) is 5.78. The molecule has 0 aliphatic carbocycles. The van der Waals surface area contributed by atoms with Crippen molar-refractivity contribution >= 4 is 22.7 Å². The van der Waals surface area contributed by atoms with Crippen molar-refractivity contribution in [3.63, 3.8) is 0 Å². The molecule has 0 aliphatic rings. The monoisotopic (exact) mass is 231 g/mol. The molecule has 1 aromatic carbocycles. The number of carboxylic acid groups (broad SMARTS) is 1. The van der Waals surface area contributed by atoms with Crippen molar-refractivity contribution in [2.45, 2.75) is 6.92 Å². The molecule has 0 spiro atoms. The highest BCUT2D eigenvalue weighted by Crippen LogP contribution is 2.23. The molecule has 0 saturated carbocycles. The fourth-order valence-corrected chi connectivity index (χ4v) is 1.80. The van der Waals surface area contributed by atoms with Crippen molar-refractivity contribution < 1.29 is 9.90 Å². The van der Waals surface area contributed by atoms with E-state index in [4.69, 9.17) is 5.11 Å². The Morgan fingerprint density at radius 1 is 1.41 bits per heavy atom. The minimum atomic E-state index is -0.882. The number of rotatable bonds is 3. The van der Waals surface area contributed by atoms with Crippen LogP contribution in [0.15, 0.2) is 24.5 Å². The predicted molar refractivity (Wildman–Crippen MR) is 65.2 cm³/mol. The van der Waals surface area contributed by atoms with Crippen LogP contribution in [0.1, 0.15) is 5.56 Å². The number of aryl methyl sites for hydroxylation is 1. The van der Waals surface area contributed by atoms with E-state index in [1.54, 1.807) is 11.9 Å². The Bertz CT molecular complexity index is 569. The minimum absolute atomic E-state index is 0.0833. The number of aliphatic carboxylic acids is 1. The second-order valence-electron chi connectivity index (χ2n) is 3.92. The summed E-state index contributed by atoms with van der Waals surface area (Å²) >= 11 is 0. The maximum Gasteiger partial charge on any atom is 0.323 e. The number of carboxylic acids is 1. The zero-order chi connectivity index (χ0) is 12.4. The Balaban J connectivity index is 2.54. The van der Waals surface area contributed by atoms with Crippen LogP contribution < -0.4 is 4.90 Å². The van der Waals surface area contributed by atoms with E-state index in [1.165, 1.54) is 6.33 Å². The van der Waals surface area contributed by atoms with E-state index in [0.717, 1.165) is 16.5 Å². The molecular weight excluding hydrogens is 218 g/mol. The Labute approximate surface area is 98.7 Å². The number of aromatic nitrogens is 2. The van der Waals surface area contributed by atoms with Crippen LogP contribution in [0.3, 0.4) is 0 Å². The van der Waals surface area contributed by atoms with Gasteiger partial charge in [0, 0.05) is 12.4 Å². The summed E-state index contributed by atoms with van der Waals surface area (Å²) in [5.74, 6) is -0.243. The number of para-hydroxylation sites is 1. The largest absolute Gasteiger partial charge is 0.480 e. The molecular formula is C12H13N3O2. The highest BCUT2D eigenvalue weighted by atomic mass is 16.4. The molecule has 0 atom stereocenters. The van der Waals surface area contributed by atoms with E-state index in [-0.39, 0.29) is 6.54 Å². The van der Waals surface area contributed by atoms with Crippen molar-refractivity contribution in [3.8, 4) is 0 Å². The zero-order valence-electron chi connectivity index (χ0n) is 9.71. The summed E-state index contributed by atoms with van der Waals surface area (Å²) in [4.78, 5) is 20.7. The summed E-state index contributed by atoms with van der Waals surface area (Å²) in [6.07, 6.45) is 1.46. The van der Waals surface area contributed by atoms with E-state index < -0.39 is 5.97 Å². The van der Waals surface area contributed by atoms with Gasteiger partial charge >= 0.3 is 5.97 Å². The van der Waals surface area contributed by atoms with Gasteiger partial charge in [0.05, 0.1) is 5.52 Å². The second-order valence-corrected chi connectivity index (χ2v) is 3.92. The predicted octanol–water partition coefficient (Wildman–Crippen LogP) is 1.46. The quantitative estimate of drug-likeness (QED) is 0.866. The third-order valence-electron chi connectivity index (χ3n) is 2.58. The number of carbonyl (C=O) groups is 1. The Morgan fingerprint density at radius 3 is 2.88 bits per heavy atom. The lowest BCUT2D eigenvalue weighted by Gasteiger charge is -2.17. The number of fused-ring (bicyclic) bond motifs is 1. The molecule has 1 N–H and O–H groups in total. The molecule has 0 unspecified atom stereocenters. The molecule has 0 saturated heterocycles. The van der Waals surface area contributed by atoms with Gasteiger partial charge in [0.25, 0.3) is 0 Å². The average molecular weight is 231 g/mol. The molecule has 0 radical (unpaired) electrons. The van der Waals surface area contributed by atoms with Gasteiger partial charge < -0.3 is 10.0 Å². The Hall–Kier alpha value is -2.17. The molecule has 1 aromatic heterocycles. The van der Waals surface area contributed by atoms with E-state index in [1.807, 2.05) is 25.1 Å². The highest BCUT2D eigenvalue weighted by molar-refractivity contribution is 5.92. The molecule has 17 heavy (non-hydrogen) atoms. The molecule has 2 aromatic rings. The van der Waals surface area contributed by atoms with Crippen LogP contribution in [-0.2, 0) is 4.79 Å². The smallest absolute Gasteiger partial charge is 0.323 e. The van der Waals surface area contributed by atoms with Crippen LogP contribution in [0.4, 0.5) is 5.82 Å². The van der Waals surface area contributed by atoms with E-state index in [0.29, 0.717) is 5.82 Å². The van der Waals surface area contributed by atoms with Gasteiger partial charge in [0.2, 0.25) is 0 Å². The van der Waals surface area contributed by atoms with Gasteiger partial charge in [-0.05, 0) is 18.6 Å². The van der Waals surface area contributed by atoms with E-state index in [9.17, 15) is 4.79 Å². The standard InChI is InChI=1S/C12H13N3O2/c1-8-4-3-5-9-11(8)13-7-14-12(9)15(2)6-10(16)17/h3-5,7H,6H2,1-2H3,(H,16,17). The second kappa shape index (κ2) is 4.37. The first-order valence-electron chi connectivity index (χ1n) is 5.23. The molecule has 5 nitrogen and oxygen atoms in total. The Kier molecular flexibility index (Phi) is 2.91. The maximum atomic E-state index is 10.7. The number of benzene rings is 1. The lowest BCUT2D eigenvalue weighted by atomic mass is 10.1. The third-order valence-corrected chi connectivity index (χ3v) is 2.58. The van der Waals surface area contributed by atoms with E-state index in [2.05, 4.69) is 9.97 Å². The molecule has 2 rings (SSSR count). The lowest BCUT2D eigenvalue weighted by molar-refractivity contribution is -0.135. The number of nitrogens with zero attached hydrogens (tertiary/aromatic N) is 3. The number of hydrogen-bond donors (Lipinski definition) is 1. The zero-order valence-corrected chi connectivity index (χ0v) is 9.71. The number of likely N-dealkylation sites (N-methyl/N-ethyl adjacent to an activating group) is 1. The fraction of sp³-hybridized carbons (Fsp3) is 0.250. The molecule has 0 fully saturated rings. The molecule has 1 heterocycles. The van der Waals surface area contributed by atoms with Gasteiger partial charge in [0.15, 0.2) is 0 Å². The van der Waals surface area contributed by atoms with Crippen molar-refractivity contribution in [2.24, 2.45) is 0 Å². The Morgan fingerprint density at radius 2 is 2.18 bits per heavy atom. The van der Waals surface area contributed by atoms with Crippen LogP contribution >= 0.6 is 0 Å². The minimum Gasteiger partial charge on any atom is -0.480 e. The van der Waals surface area contributed by atoms with Crippen LogP contribution in [0, 0.1) is 6.92 Å². The average Bonchev–Trinajstić information content (AvgIpc) is 2.28. The first-order chi connectivity index (χ1) is 8.09. The van der Waals surface area contributed by atoms with Gasteiger partial charge in [-0.3, -0.25) is 4.79 Å². The van der Waals surface area contributed by atoms with Crippen molar-refractivity contribution in [1.82, 2.24) is 9.97 Å². The summed E-state index contributed by atoms with van der Waals surface area (Å²) in [5.41, 5.74) is 1.91. The topological polar surface area (TPSA) is 66.3 Å². The molecule has 88 valence electrons. The van der Waals surface area contributed by atoms with Gasteiger partial charge in [-0.15, -0.1) is 0 Å². The van der Waals surface area contributed by atoms with Gasteiger partial charge in [-0.25, -0.2) is 9.97 Å². The summed E-state index contributed by atoms with van der Waals surface area (Å²) in [7, 11) is 1.71. The summed E-state index contributed by atoms with van der Waals surface area (Å²) < 4.78 is 0. The number of anilines is 1. The lowest BCUT2D eigenvalue weighted by Crippen LogP contribution is -2.26. The molecule has 0 bridgehead atoms. The summed E-state index contributed by atoms with van der Waals surface area (Å²) in [6.45, 7) is 1.89. The number of hydrogen-bond acceptors (Lipinski definition) is 4. The van der Waals surface area contributed by atoms with Crippen LogP contribution in [0.5, 0.6) is 0 Å². The maximum absolute atomic E-state index is 10.7. The van der Waals surface area contributed by atoms with Crippen LogP contribution in [0.25, 0.3) is 10.9 Å². The van der Waals surface area contributed by atoms with Crippen molar-refractivity contribution in [2.75, 3.05) is 18.5 Å². The van der Waals surface area contributed by atoms with Crippen molar-refractivity contribution in [1.29, 1.82) is 0 Å². The van der Waals surface area contributed by atoms with Crippen LogP contribution in [0.2, 0.25) is 0 Å². The van der Waals surface area contributed by atoms with Gasteiger partial charge in [-0.2, -0.15) is 0 Å². The summed E-state index contributed by atoms with van der Waals surface area (Å²) in [5, 5.41) is 9.66. The van der Waals surface area contributed by atoms with E-state index >= 15 is 0 Å². The third kappa shape index (κ3) is 2.18. The normalized spacial score (nSPS) is 10.5. The first-order valence-corrected chi connectivity index (χ1v) is 5.23. The SMILES string of the molecule is Cc1cccc2c(N(C)CC(=O)O)ncnc12. The van der Waals surface area contributed by atoms with Crippen LogP contribution in [-0.4, -0.2) is 34.6 Å². The van der Waals surface area contributed by atoms with Gasteiger partial charge in [0.1, 0.15) is 18.7 Å².